The van der Waals surface area contributed by atoms with Gasteiger partial charge in [0, 0.05) is 38.0 Å². The molecule has 8 nitrogen and oxygen atoms in total. The van der Waals surface area contributed by atoms with E-state index in [0.717, 1.165) is 49.5 Å². The molecule has 0 aliphatic carbocycles. The minimum absolute atomic E-state index is 0.0360. The van der Waals surface area contributed by atoms with E-state index < -0.39 is 30.2 Å². The van der Waals surface area contributed by atoms with Crippen LogP contribution in [0.3, 0.4) is 0 Å². The molecule has 2 N–H and O–H groups in total. The summed E-state index contributed by atoms with van der Waals surface area (Å²) in [5.74, 6) is -2.04. The van der Waals surface area contributed by atoms with Crippen molar-refractivity contribution in [3.63, 3.8) is 0 Å². The van der Waals surface area contributed by atoms with E-state index in [1.807, 2.05) is 13.8 Å². The summed E-state index contributed by atoms with van der Waals surface area (Å²) in [7, 11) is 0. The first kappa shape index (κ1) is 27.2. The van der Waals surface area contributed by atoms with Gasteiger partial charge >= 0.3 is 6.01 Å². The van der Waals surface area contributed by atoms with Gasteiger partial charge in [0.1, 0.15) is 11.6 Å². The molecule has 1 atom stereocenters. The van der Waals surface area contributed by atoms with Crippen molar-refractivity contribution in [3.8, 4) is 5.75 Å². The molecule has 2 aromatic rings. The van der Waals surface area contributed by atoms with Crippen molar-refractivity contribution in [1.82, 2.24) is 15.0 Å². The van der Waals surface area contributed by atoms with E-state index in [0.29, 0.717) is 24.3 Å². The minimum Gasteiger partial charge on any atom is -0.493 e. The van der Waals surface area contributed by atoms with Crippen molar-refractivity contribution < 1.29 is 27.2 Å². The molecular weight excluding hydrogens is 487 g/mol. The molecule has 0 spiro atoms. The highest BCUT2D eigenvalue weighted by molar-refractivity contribution is 5.82. The number of alkyl halides is 2. The number of carbonyl (C=O) groups excluding carboxylic acids is 1. The van der Waals surface area contributed by atoms with Gasteiger partial charge in [-0.05, 0) is 49.7 Å². The molecule has 1 unspecified atom stereocenters. The summed E-state index contributed by atoms with van der Waals surface area (Å²) in [4.78, 5) is 20.0. The highest BCUT2D eigenvalue weighted by atomic mass is 19.3. The second kappa shape index (κ2) is 11.7. The number of carbonyl (C=O) groups is 1. The van der Waals surface area contributed by atoms with Crippen LogP contribution in [0.2, 0.25) is 0 Å². The Hall–Kier alpha value is -2.82. The first-order chi connectivity index (χ1) is 17.6. The molecule has 11 heteroatoms. The van der Waals surface area contributed by atoms with Crippen molar-refractivity contribution in [2.45, 2.75) is 70.3 Å². The molecule has 4 rings (SSSR count). The van der Waals surface area contributed by atoms with Gasteiger partial charge in [0.25, 0.3) is 5.92 Å². The second-order valence-corrected chi connectivity index (χ2v) is 10.4. The first-order valence-electron chi connectivity index (χ1n) is 13.0. The maximum Gasteiger partial charge on any atom is 0.324 e. The van der Waals surface area contributed by atoms with Gasteiger partial charge in [-0.15, -0.1) is 0 Å². The largest absolute Gasteiger partial charge is 0.493 e. The van der Waals surface area contributed by atoms with E-state index in [9.17, 15) is 18.0 Å². The average molecular weight is 524 g/mol. The zero-order chi connectivity index (χ0) is 26.6. The highest BCUT2D eigenvalue weighted by Gasteiger charge is 2.41. The Morgan fingerprint density at radius 2 is 2.03 bits per heavy atom. The van der Waals surface area contributed by atoms with Crippen molar-refractivity contribution in [2.75, 3.05) is 37.7 Å². The zero-order valence-electron chi connectivity index (χ0n) is 21.5. The van der Waals surface area contributed by atoms with Crippen LogP contribution >= 0.6 is 0 Å². The normalized spacial score (nSPS) is 19.0. The summed E-state index contributed by atoms with van der Waals surface area (Å²) in [6.45, 7) is 5.63. The average Bonchev–Trinajstić information content (AvgIpc) is 3.50. The molecule has 3 heterocycles. The van der Waals surface area contributed by atoms with Crippen molar-refractivity contribution >= 4 is 11.9 Å². The third-order valence-electron chi connectivity index (χ3n) is 7.12. The molecular formula is C26H36F3N5O3. The Labute approximate surface area is 215 Å². The number of nitrogens with zero attached hydrogens (tertiary/aromatic N) is 4. The lowest BCUT2D eigenvalue weighted by Gasteiger charge is -2.30. The van der Waals surface area contributed by atoms with E-state index in [-0.39, 0.29) is 30.9 Å². The number of benzene rings is 1. The quantitative estimate of drug-likeness (QED) is 0.468. The fraction of sp³-hybridized carbons (Fsp3) is 0.654. The van der Waals surface area contributed by atoms with Crippen LogP contribution in [0.4, 0.5) is 19.2 Å². The van der Waals surface area contributed by atoms with Gasteiger partial charge in [0.05, 0.1) is 19.2 Å². The van der Waals surface area contributed by atoms with Gasteiger partial charge in [-0.25, -0.2) is 13.2 Å². The number of hydrogen-bond donors (Lipinski definition) is 1. The molecule has 1 aromatic heterocycles. The second-order valence-electron chi connectivity index (χ2n) is 10.4. The Morgan fingerprint density at radius 1 is 1.27 bits per heavy atom. The van der Waals surface area contributed by atoms with E-state index in [4.69, 9.17) is 15.0 Å². The van der Waals surface area contributed by atoms with Crippen LogP contribution in [-0.2, 0) is 11.2 Å². The minimum atomic E-state index is -2.89. The highest BCUT2D eigenvalue weighted by Crippen LogP contribution is 2.28. The number of piperidine rings is 1. The van der Waals surface area contributed by atoms with Crippen LogP contribution in [0, 0.1) is 11.7 Å². The molecule has 0 bridgehead atoms. The van der Waals surface area contributed by atoms with Crippen LogP contribution in [0.5, 0.6) is 5.75 Å². The van der Waals surface area contributed by atoms with Gasteiger partial charge in [-0.2, -0.15) is 4.98 Å². The first-order valence-corrected chi connectivity index (χ1v) is 13.0. The molecule has 0 radical (unpaired) electrons. The molecule has 2 aliphatic heterocycles. The Kier molecular flexibility index (Phi) is 8.61. The fourth-order valence-electron chi connectivity index (χ4n) is 4.83. The lowest BCUT2D eigenvalue weighted by molar-refractivity contribution is -0.133. The summed E-state index contributed by atoms with van der Waals surface area (Å²) in [5, 5.41) is 4.03. The predicted molar refractivity (Wildman–Crippen MR) is 132 cm³/mol. The van der Waals surface area contributed by atoms with Crippen LogP contribution in [0.25, 0.3) is 0 Å². The monoisotopic (exact) mass is 523 g/mol. The third-order valence-corrected chi connectivity index (χ3v) is 7.12. The zero-order valence-corrected chi connectivity index (χ0v) is 21.5. The van der Waals surface area contributed by atoms with Crippen LogP contribution in [0.1, 0.15) is 63.3 Å². The molecule has 2 saturated heterocycles. The number of amides is 1. The number of halogens is 3. The van der Waals surface area contributed by atoms with Gasteiger partial charge < -0.3 is 24.8 Å². The number of likely N-dealkylation sites (tertiary alicyclic amines) is 1. The number of ether oxygens (including phenoxy) is 1. The number of nitrogens with two attached hydrogens (primary N) is 1. The maximum absolute atomic E-state index is 14.6. The van der Waals surface area contributed by atoms with Gasteiger partial charge in [0.2, 0.25) is 5.91 Å². The van der Waals surface area contributed by atoms with Crippen molar-refractivity contribution in [1.29, 1.82) is 0 Å². The van der Waals surface area contributed by atoms with E-state index in [2.05, 4.69) is 15.0 Å². The van der Waals surface area contributed by atoms with Gasteiger partial charge in [0.15, 0.2) is 5.82 Å². The van der Waals surface area contributed by atoms with E-state index in [1.54, 1.807) is 6.07 Å². The molecule has 0 saturated carbocycles. The summed E-state index contributed by atoms with van der Waals surface area (Å²) < 4.78 is 52.5. The molecule has 2 aliphatic rings. The predicted octanol–water partition coefficient (Wildman–Crippen LogP) is 4.15. The molecule has 1 aromatic carbocycles. The van der Waals surface area contributed by atoms with Crippen LogP contribution in [-0.4, -0.2) is 65.7 Å². The van der Waals surface area contributed by atoms with Crippen molar-refractivity contribution in [3.05, 3.63) is 35.4 Å². The van der Waals surface area contributed by atoms with Crippen LogP contribution < -0.4 is 15.4 Å². The summed E-state index contributed by atoms with van der Waals surface area (Å²) in [6.07, 6.45) is 3.51. The maximum atomic E-state index is 14.6. The topological polar surface area (TPSA) is 97.7 Å². The summed E-state index contributed by atoms with van der Waals surface area (Å²) in [5.41, 5.74) is 6.16. The Balaban J connectivity index is 1.16. The molecule has 2 fully saturated rings. The SMILES string of the molecule is CC(C)c1noc(N2CCC(CCCOc3ccc(CC(N)C(=O)N4CCC(F)(F)C4)c(F)c3)CC2)n1. The number of rotatable bonds is 10. The number of anilines is 1. The Bertz CT molecular complexity index is 1060. The summed E-state index contributed by atoms with van der Waals surface area (Å²) >= 11 is 0. The lowest BCUT2D eigenvalue weighted by atomic mass is 9.92. The summed E-state index contributed by atoms with van der Waals surface area (Å²) in [6, 6.07) is 3.99. The molecule has 204 valence electrons. The fourth-order valence-corrected chi connectivity index (χ4v) is 4.83. The van der Waals surface area contributed by atoms with E-state index >= 15 is 0 Å². The molecule has 1 amide bonds. The Morgan fingerprint density at radius 3 is 2.65 bits per heavy atom. The third kappa shape index (κ3) is 7.15. The standard InChI is InChI=1S/C26H36F3N5O3/c1-17(2)23-31-25(37-32-23)33-10-7-18(8-11-33)4-3-13-36-20-6-5-19(21(27)15-20)14-22(30)24(35)34-12-9-26(28,29)16-34/h5-6,15,17-18,22H,3-4,7-14,16,30H2,1-2H3. The smallest absolute Gasteiger partial charge is 0.324 e. The van der Waals surface area contributed by atoms with Crippen LogP contribution in [0.15, 0.2) is 22.7 Å². The molecule has 37 heavy (non-hydrogen) atoms. The number of hydrogen-bond acceptors (Lipinski definition) is 7. The van der Waals surface area contributed by atoms with Crippen molar-refractivity contribution in [2.24, 2.45) is 11.7 Å². The lowest BCUT2D eigenvalue weighted by Crippen LogP contribution is -2.44. The number of aromatic nitrogens is 2. The van der Waals surface area contributed by atoms with Gasteiger partial charge in [-0.1, -0.05) is 25.1 Å². The van der Waals surface area contributed by atoms with E-state index in [1.165, 1.54) is 12.1 Å². The van der Waals surface area contributed by atoms with Gasteiger partial charge in [-0.3, -0.25) is 4.79 Å².